The lowest BCUT2D eigenvalue weighted by Gasteiger charge is -2.12. The zero-order valence-electron chi connectivity index (χ0n) is 17.0. The molecule has 0 radical (unpaired) electrons. The molecule has 8 nitrogen and oxygen atoms in total. The molecule has 3 aromatic heterocycles. The highest BCUT2D eigenvalue weighted by atomic mass is 16.2. The van der Waals surface area contributed by atoms with Crippen LogP contribution in [-0.2, 0) is 7.05 Å². The van der Waals surface area contributed by atoms with Gasteiger partial charge in [-0.2, -0.15) is 5.10 Å². The molecule has 2 aromatic carbocycles. The highest BCUT2D eigenvalue weighted by molar-refractivity contribution is 6.02. The molecule has 0 unspecified atom stereocenters. The maximum atomic E-state index is 12.7. The average Bonchev–Trinajstić information content (AvgIpc) is 3.38. The molecule has 0 aliphatic heterocycles. The van der Waals surface area contributed by atoms with Gasteiger partial charge in [-0.05, 0) is 30.7 Å². The molecule has 31 heavy (non-hydrogen) atoms. The number of imidazole rings is 1. The van der Waals surface area contributed by atoms with E-state index in [-0.39, 0.29) is 23.3 Å². The van der Waals surface area contributed by atoms with Gasteiger partial charge in [0.05, 0.1) is 22.6 Å². The Kier molecular flexibility index (Phi) is 4.39. The molecule has 8 heteroatoms. The van der Waals surface area contributed by atoms with Crippen LogP contribution in [0.25, 0.3) is 33.2 Å². The van der Waals surface area contributed by atoms with E-state index < -0.39 is 0 Å². The van der Waals surface area contributed by atoms with Gasteiger partial charge in [-0.25, -0.2) is 4.98 Å². The van der Waals surface area contributed by atoms with Crippen LogP contribution in [0.15, 0.2) is 65.6 Å². The fraction of sp³-hybridized carbons (Fsp3) is 0.130. The summed E-state index contributed by atoms with van der Waals surface area (Å²) in [6.07, 6.45) is 1.75. The number of rotatable bonds is 4. The Morgan fingerprint density at radius 1 is 1.10 bits per heavy atom. The summed E-state index contributed by atoms with van der Waals surface area (Å²) in [5, 5.41) is 11.3. The maximum Gasteiger partial charge on any atom is 0.287 e. The van der Waals surface area contributed by atoms with Gasteiger partial charge < -0.3 is 14.9 Å². The number of fused-ring (bicyclic) bond motifs is 2. The Balaban J connectivity index is 1.49. The second-order valence-electron chi connectivity index (χ2n) is 7.55. The van der Waals surface area contributed by atoms with E-state index in [1.807, 2.05) is 49.4 Å². The van der Waals surface area contributed by atoms with Gasteiger partial charge in [0.25, 0.3) is 5.91 Å². The lowest BCUT2D eigenvalue weighted by Crippen LogP contribution is -2.27. The van der Waals surface area contributed by atoms with Crippen LogP contribution >= 0.6 is 0 Å². The Morgan fingerprint density at radius 3 is 2.68 bits per heavy atom. The molecular weight excluding hydrogens is 392 g/mol. The third kappa shape index (κ3) is 3.38. The van der Waals surface area contributed by atoms with Crippen molar-refractivity contribution in [1.82, 2.24) is 30.0 Å². The zero-order chi connectivity index (χ0) is 21.5. The maximum absolute atomic E-state index is 12.7. The van der Waals surface area contributed by atoms with Gasteiger partial charge >= 0.3 is 0 Å². The number of benzene rings is 2. The fourth-order valence-electron chi connectivity index (χ4n) is 3.67. The lowest BCUT2D eigenvalue weighted by atomic mass is 10.1. The van der Waals surface area contributed by atoms with Gasteiger partial charge in [-0.1, -0.05) is 30.3 Å². The van der Waals surface area contributed by atoms with E-state index in [0.717, 1.165) is 33.2 Å². The summed E-state index contributed by atoms with van der Waals surface area (Å²) in [4.78, 5) is 32.0. The molecule has 0 bridgehead atoms. The number of hydrogen-bond acceptors (Lipinski definition) is 4. The third-order valence-electron chi connectivity index (χ3n) is 5.39. The molecule has 3 heterocycles. The van der Waals surface area contributed by atoms with E-state index in [0.29, 0.717) is 5.52 Å². The van der Waals surface area contributed by atoms with Crippen molar-refractivity contribution in [3.63, 3.8) is 0 Å². The topological polar surface area (TPSA) is 108 Å². The number of H-pyrrole nitrogens is 2. The molecule has 0 fully saturated rings. The van der Waals surface area contributed by atoms with Gasteiger partial charge in [0, 0.05) is 30.3 Å². The molecule has 5 rings (SSSR count). The second-order valence-corrected chi connectivity index (χ2v) is 7.55. The van der Waals surface area contributed by atoms with Crippen LogP contribution in [0, 0.1) is 0 Å². The predicted octanol–water partition coefficient (Wildman–Crippen LogP) is 3.30. The van der Waals surface area contributed by atoms with Crippen LogP contribution in [0.2, 0.25) is 0 Å². The average molecular weight is 412 g/mol. The minimum Gasteiger partial charge on any atom is -0.343 e. The summed E-state index contributed by atoms with van der Waals surface area (Å²) in [5.41, 5.74) is 4.69. The van der Waals surface area contributed by atoms with Crippen molar-refractivity contribution in [3.8, 4) is 11.3 Å². The van der Waals surface area contributed by atoms with Crippen molar-refractivity contribution >= 4 is 27.8 Å². The van der Waals surface area contributed by atoms with Crippen molar-refractivity contribution in [2.24, 2.45) is 7.05 Å². The monoisotopic (exact) mass is 412 g/mol. The molecule has 3 N–H and O–H groups in total. The fourth-order valence-corrected chi connectivity index (χ4v) is 3.67. The summed E-state index contributed by atoms with van der Waals surface area (Å²) in [5.74, 6) is -0.0188. The van der Waals surface area contributed by atoms with Crippen molar-refractivity contribution in [2.75, 3.05) is 0 Å². The van der Waals surface area contributed by atoms with Crippen LogP contribution in [0.5, 0.6) is 0 Å². The van der Waals surface area contributed by atoms with Crippen LogP contribution in [0.1, 0.15) is 29.1 Å². The molecule has 0 saturated carbocycles. The molecule has 0 aliphatic carbocycles. The molecule has 1 atom stereocenters. The van der Waals surface area contributed by atoms with Crippen LogP contribution in [-0.4, -0.2) is 30.6 Å². The minimum atomic E-state index is -0.271. The van der Waals surface area contributed by atoms with Gasteiger partial charge in [0.1, 0.15) is 5.69 Å². The molecule has 0 spiro atoms. The van der Waals surface area contributed by atoms with Crippen molar-refractivity contribution in [1.29, 1.82) is 0 Å². The third-order valence-corrected chi connectivity index (χ3v) is 5.39. The van der Waals surface area contributed by atoms with Gasteiger partial charge in [0.2, 0.25) is 5.56 Å². The highest BCUT2D eigenvalue weighted by Gasteiger charge is 2.17. The number of carbonyl (C=O) groups is 1. The van der Waals surface area contributed by atoms with Crippen molar-refractivity contribution < 1.29 is 4.79 Å². The van der Waals surface area contributed by atoms with E-state index in [2.05, 4.69) is 25.5 Å². The van der Waals surface area contributed by atoms with E-state index in [4.69, 9.17) is 0 Å². The first-order valence-corrected chi connectivity index (χ1v) is 9.90. The predicted molar refractivity (Wildman–Crippen MR) is 119 cm³/mol. The first kappa shape index (κ1) is 18.8. The Labute approximate surface area is 176 Å². The quantitative estimate of drug-likeness (QED) is 0.421. The molecule has 1 amide bonds. The van der Waals surface area contributed by atoms with Crippen molar-refractivity contribution in [2.45, 2.75) is 13.0 Å². The first-order chi connectivity index (χ1) is 15.0. The Bertz CT molecular complexity index is 1480. The van der Waals surface area contributed by atoms with E-state index in [1.165, 1.54) is 10.6 Å². The number of aromatic amines is 2. The van der Waals surface area contributed by atoms with Crippen LogP contribution < -0.4 is 10.9 Å². The molecule has 154 valence electrons. The second kappa shape index (κ2) is 7.24. The number of nitrogens with zero attached hydrogens (tertiary/aromatic N) is 3. The number of aryl methyl sites for hydroxylation is 1. The molecule has 0 saturated heterocycles. The minimum absolute atomic E-state index is 0.0846. The standard InChI is InChI=1S/C23H20N6O2/c1-13(14-6-4-3-5-7-14)24-23(31)22-25-18-10-16-17(11-19(18)26-22)27-28-21(16)15-8-9-20(30)29(2)12-15/h3-13H,1-2H3,(H,24,31)(H,25,26)(H,27,28)/t13-/m1/s1. The number of nitrogens with one attached hydrogen (secondary N) is 3. The SMILES string of the molecule is C[C@@H](NC(=O)c1nc2cc3c(-c4ccc(=O)n(C)c4)n[nH]c3cc2[nH]1)c1ccccc1. The molecule has 0 aliphatic rings. The van der Waals surface area contributed by atoms with Crippen LogP contribution in [0.4, 0.5) is 0 Å². The van der Waals surface area contributed by atoms with Gasteiger partial charge in [0.15, 0.2) is 5.82 Å². The normalized spacial score (nSPS) is 12.3. The largest absolute Gasteiger partial charge is 0.343 e. The van der Waals surface area contributed by atoms with Crippen LogP contribution in [0.3, 0.4) is 0 Å². The summed E-state index contributed by atoms with van der Waals surface area (Å²) < 4.78 is 1.51. The molecule has 5 aromatic rings. The summed E-state index contributed by atoms with van der Waals surface area (Å²) in [6, 6.07) is 16.7. The highest BCUT2D eigenvalue weighted by Crippen LogP contribution is 2.28. The van der Waals surface area contributed by atoms with E-state index in [9.17, 15) is 9.59 Å². The Hall–Kier alpha value is -4.20. The zero-order valence-corrected chi connectivity index (χ0v) is 17.0. The number of carbonyl (C=O) groups excluding carboxylic acids is 1. The Morgan fingerprint density at radius 2 is 1.90 bits per heavy atom. The summed E-state index contributed by atoms with van der Waals surface area (Å²) in [6.45, 7) is 1.93. The van der Waals surface area contributed by atoms with Gasteiger partial charge in [-0.15, -0.1) is 0 Å². The number of pyridine rings is 1. The van der Waals surface area contributed by atoms with E-state index in [1.54, 1.807) is 19.3 Å². The first-order valence-electron chi connectivity index (χ1n) is 9.90. The lowest BCUT2D eigenvalue weighted by molar-refractivity contribution is 0.0930. The smallest absolute Gasteiger partial charge is 0.287 e. The van der Waals surface area contributed by atoms with Gasteiger partial charge in [-0.3, -0.25) is 14.7 Å². The number of aromatic nitrogens is 5. The summed E-state index contributed by atoms with van der Waals surface area (Å²) >= 11 is 0. The van der Waals surface area contributed by atoms with Crippen molar-refractivity contribution in [3.05, 3.63) is 82.5 Å². The number of hydrogen-bond donors (Lipinski definition) is 3. The molecular formula is C23H20N6O2. The van der Waals surface area contributed by atoms with E-state index >= 15 is 0 Å². The summed E-state index contributed by atoms with van der Waals surface area (Å²) in [7, 11) is 1.70. The number of amides is 1.